The first-order valence-corrected chi connectivity index (χ1v) is 10.4. The highest BCUT2D eigenvalue weighted by molar-refractivity contribution is 5.95. The summed E-state index contributed by atoms with van der Waals surface area (Å²) >= 11 is 0. The van der Waals surface area contributed by atoms with E-state index in [0.717, 1.165) is 10.1 Å². The Labute approximate surface area is 194 Å². The standard InChI is InChI=1S/C25H21N5O4/c1-29-22-14-27-21(23(31)28-13-17-7-9-19(34-2)10-8-17)11-20(22)24(32)30(25(29)33)15-18-5-3-16(12-26)4-6-18/h3-11,14H,13,15H2,1-2H3,(H,28,31). The molecule has 4 aromatic rings. The van der Waals surface area contributed by atoms with Crippen LogP contribution in [0.25, 0.3) is 10.9 Å². The second kappa shape index (κ2) is 9.42. The Hall–Kier alpha value is -4.71. The first-order chi connectivity index (χ1) is 16.4. The average Bonchev–Trinajstić information content (AvgIpc) is 2.88. The molecule has 0 atom stereocenters. The number of aryl methyl sites for hydroxylation is 1. The van der Waals surface area contributed by atoms with E-state index >= 15 is 0 Å². The molecule has 0 aliphatic carbocycles. The van der Waals surface area contributed by atoms with Gasteiger partial charge < -0.3 is 10.1 Å². The van der Waals surface area contributed by atoms with Gasteiger partial charge in [0.1, 0.15) is 11.4 Å². The van der Waals surface area contributed by atoms with Crippen LogP contribution < -0.4 is 21.3 Å². The Balaban J connectivity index is 1.63. The molecule has 4 rings (SSSR count). The largest absolute Gasteiger partial charge is 0.497 e. The molecule has 170 valence electrons. The average molecular weight is 455 g/mol. The fourth-order valence-corrected chi connectivity index (χ4v) is 3.55. The molecule has 0 radical (unpaired) electrons. The van der Waals surface area contributed by atoms with Crippen LogP contribution in [0.2, 0.25) is 0 Å². The molecule has 0 fully saturated rings. The van der Waals surface area contributed by atoms with Gasteiger partial charge >= 0.3 is 5.69 Å². The van der Waals surface area contributed by atoms with Crippen molar-refractivity contribution in [3.8, 4) is 11.8 Å². The summed E-state index contributed by atoms with van der Waals surface area (Å²) in [4.78, 5) is 42.8. The minimum atomic E-state index is -0.519. The van der Waals surface area contributed by atoms with E-state index < -0.39 is 17.2 Å². The van der Waals surface area contributed by atoms with E-state index in [-0.39, 0.29) is 24.2 Å². The monoisotopic (exact) mass is 455 g/mol. The third-order valence-corrected chi connectivity index (χ3v) is 5.51. The van der Waals surface area contributed by atoms with Crippen molar-refractivity contribution in [1.82, 2.24) is 19.4 Å². The van der Waals surface area contributed by atoms with Gasteiger partial charge in [0.25, 0.3) is 11.5 Å². The van der Waals surface area contributed by atoms with E-state index in [1.165, 1.54) is 16.8 Å². The predicted octanol–water partition coefficient (Wildman–Crippen LogP) is 1.95. The maximum Gasteiger partial charge on any atom is 0.331 e. The highest BCUT2D eigenvalue weighted by atomic mass is 16.5. The highest BCUT2D eigenvalue weighted by Crippen LogP contribution is 2.12. The lowest BCUT2D eigenvalue weighted by molar-refractivity contribution is 0.0946. The maximum atomic E-state index is 13.2. The summed E-state index contributed by atoms with van der Waals surface area (Å²) in [5.74, 6) is 0.277. The van der Waals surface area contributed by atoms with E-state index in [1.807, 2.05) is 18.2 Å². The Morgan fingerprint density at radius 2 is 1.76 bits per heavy atom. The van der Waals surface area contributed by atoms with Crippen LogP contribution in [-0.4, -0.2) is 27.1 Å². The van der Waals surface area contributed by atoms with Gasteiger partial charge in [0, 0.05) is 13.6 Å². The van der Waals surface area contributed by atoms with Gasteiger partial charge in [-0.25, -0.2) is 9.78 Å². The number of fused-ring (bicyclic) bond motifs is 1. The number of aromatic nitrogens is 3. The summed E-state index contributed by atoms with van der Waals surface area (Å²) in [7, 11) is 3.13. The van der Waals surface area contributed by atoms with Crippen LogP contribution in [0.5, 0.6) is 5.75 Å². The lowest BCUT2D eigenvalue weighted by Gasteiger charge is -2.12. The van der Waals surface area contributed by atoms with E-state index in [4.69, 9.17) is 10.00 Å². The molecule has 2 heterocycles. The smallest absolute Gasteiger partial charge is 0.331 e. The van der Waals surface area contributed by atoms with Crippen molar-refractivity contribution < 1.29 is 9.53 Å². The highest BCUT2D eigenvalue weighted by Gasteiger charge is 2.15. The Morgan fingerprint density at radius 3 is 2.41 bits per heavy atom. The molecule has 0 bridgehead atoms. The Kier molecular flexibility index (Phi) is 6.23. The van der Waals surface area contributed by atoms with Crippen LogP contribution >= 0.6 is 0 Å². The molecule has 1 N–H and O–H groups in total. The van der Waals surface area contributed by atoms with Crippen LogP contribution in [0.3, 0.4) is 0 Å². The molecule has 1 amide bonds. The third kappa shape index (κ3) is 4.42. The van der Waals surface area contributed by atoms with E-state index in [2.05, 4.69) is 10.3 Å². The molecule has 0 saturated heterocycles. The van der Waals surface area contributed by atoms with E-state index in [1.54, 1.807) is 50.6 Å². The molecular weight excluding hydrogens is 434 g/mol. The van der Waals surface area contributed by atoms with Crippen molar-refractivity contribution in [3.05, 3.63) is 104 Å². The minimum Gasteiger partial charge on any atom is -0.497 e. The summed E-state index contributed by atoms with van der Waals surface area (Å²) in [5, 5.41) is 11.9. The second-order valence-corrected chi connectivity index (χ2v) is 7.66. The predicted molar refractivity (Wildman–Crippen MR) is 126 cm³/mol. The Bertz CT molecular complexity index is 1530. The van der Waals surface area contributed by atoms with Gasteiger partial charge in [0.05, 0.1) is 42.4 Å². The molecule has 0 aliphatic rings. The number of rotatable bonds is 6. The first kappa shape index (κ1) is 22.5. The van der Waals surface area contributed by atoms with Crippen molar-refractivity contribution >= 4 is 16.8 Å². The van der Waals surface area contributed by atoms with Crippen molar-refractivity contribution in [2.45, 2.75) is 13.1 Å². The zero-order chi connectivity index (χ0) is 24.2. The van der Waals surface area contributed by atoms with Crippen molar-refractivity contribution in [2.24, 2.45) is 7.05 Å². The number of hydrogen-bond donors (Lipinski definition) is 1. The van der Waals surface area contributed by atoms with Crippen molar-refractivity contribution in [3.63, 3.8) is 0 Å². The van der Waals surface area contributed by atoms with Crippen LogP contribution in [0.1, 0.15) is 27.2 Å². The molecule has 34 heavy (non-hydrogen) atoms. The topological polar surface area (TPSA) is 119 Å². The van der Waals surface area contributed by atoms with Crippen molar-refractivity contribution in [2.75, 3.05) is 7.11 Å². The lowest BCUT2D eigenvalue weighted by atomic mass is 10.1. The normalized spacial score (nSPS) is 10.6. The van der Waals surface area contributed by atoms with Gasteiger partial charge in [-0.05, 0) is 41.5 Å². The van der Waals surface area contributed by atoms with Crippen molar-refractivity contribution in [1.29, 1.82) is 5.26 Å². The number of pyridine rings is 1. The number of nitriles is 1. The number of carbonyl (C=O) groups excluding carboxylic acids is 1. The fraction of sp³-hybridized carbons (Fsp3) is 0.160. The number of benzene rings is 2. The van der Waals surface area contributed by atoms with Gasteiger partial charge in [-0.1, -0.05) is 24.3 Å². The number of hydrogen-bond acceptors (Lipinski definition) is 6. The maximum absolute atomic E-state index is 13.2. The van der Waals surface area contributed by atoms with Gasteiger partial charge in [0.2, 0.25) is 0 Å². The first-order valence-electron chi connectivity index (χ1n) is 10.4. The number of amides is 1. The number of ether oxygens (including phenoxy) is 1. The molecule has 9 heteroatoms. The quantitative estimate of drug-likeness (QED) is 0.475. The number of methoxy groups -OCH3 is 1. The molecular formula is C25H21N5O4. The molecule has 0 unspecified atom stereocenters. The van der Waals surface area contributed by atoms with Crippen LogP contribution in [-0.2, 0) is 20.1 Å². The lowest BCUT2D eigenvalue weighted by Crippen LogP contribution is -2.39. The Morgan fingerprint density at radius 1 is 1.09 bits per heavy atom. The third-order valence-electron chi connectivity index (χ3n) is 5.51. The number of nitrogens with one attached hydrogen (secondary N) is 1. The molecule has 0 spiro atoms. The van der Waals surface area contributed by atoms with Gasteiger partial charge in [-0.15, -0.1) is 0 Å². The molecule has 0 aliphatic heterocycles. The minimum absolute atomic E-state index is 0.0362. The summed E-state index contributed by atoms with van der Waals surface area (Å²) in [6.07, 6.45) is 1.35. The molecule has 9 nitrogen and oxygen atoms in total. The zero-order valence-electron chi connectivity index (χ0n) is 18.6. The van der Waals surface area contributed by atoms with E-state index in [9.17, 15) is 14.4 Å². The zero-order valence-corrected chi connectivity index (χ0v) is 18.6. The molecule has 2 aromatic heterocycles. The fourth-order valence-electron chi connectivity index (χ4n) is 3.55. The SMILES string of the molecule is COc1ccc(CNC(=O)c2cc3c(=O)n(Cc4ccc(C#N)cc4)c(=O)n(C)c3cn2)cc1. The summed E-state index contributed by atoms with van der Waals surface area (Å²) in [5.41, 5.74) is 1.44. The second-order valence-electron chi connectivity index (χ2n) is 7.66. The van der Waals surface area contributed by atoms with Gasteiger partial charge in [0.15, 0.2) is 0 Å². The molecule has 2 aromatic carbocycles. The van der Waals surface area contributed by atoms with Crippen LogP contribution in [0, 0.1) is 11.3 Å². The van der Waals surface area contributed by atoms with Crippen LogP contribution in [0.4, 0.5) is 0 Å². The number of nitrogens with zero attached hydrogens (tertiary/aromatic N) is 4. The summed E-state index contributed by atoms with van der Waals surface area (Å²) < 4.78 is 7.55. The van der Waals surface area contributed by atoms with Gasteiger partial charge in [-0.3, -0.25) is 18.7 Å². The molecule has 0 saturated carbocycles. The van der Waals surface area contributed by atoms with Crippen LogP contribution in [0.15, 0.2) is 70.4 Å². The summed E-state index contributed by atoms with van der Waals surface area (Å²) in [6.45, 7) is 0.313. The summed E-state index contributed by atoms with van der Waals surface area (Å²) in [6, 6.07) is 17.3. The van der Waals surface area contributed by atoms with E-state index in [0.29, 0.717) is 22.4 Å². The van der Waals surface area contributed by atoms with Gasteiger partial charge in [-0.2, -0.15) is 5.26 Å². The number of carbonyl (C=O) groups is 1.